The van der Waals surface area contributed by atoms with Gasteiger partial charge in [-0.1, -0.05) is 6.07 Å². The van der Waals surface area contributed by atoms with Gasteiger partial charge in [0.2, 0.25) is 0 Å². The summed E-state index contributed by atoms with van der Waals surface area (Å²) in [6.07, 6.45) is 1.72. The zero-order valence-electron chi connectivity index (χ0n) is 11.6. The molecule has 1 amide bonds. The van der Waals surface area contributed by atoms with Crippen molar-refractivity contribution in [2.45, 2.75) is 31.9 Å². The molecular formula is C14H17N3O3. The van der Waals surface area contributed by atoms with E-state index in [9.17, 15) is 4.79 Å². The smallest absolute Gasteiger partial charge is 0.254 e. The lowest BCUT2D eigenvalue weighted by molar-refractivity contribution is -0.150. The third-order valence-electron chi connectivity index (χ3n) is 3.76. The van der Waals surface area contributed by atoms with E-state index in [2.05, 4.69) is 14.9 Å². The zero-order chi connectivity index (χ0) is 14.2. The highest BCUT2D eigenvalue weighted by atomic mass is 16.6. The molecule has 1 atom stereocenters. The minimum Gasteiger partial charge on any atom is -0.365 e. The molecule has 106 valence electrons. The Kier molecular flexibility index (Phi) is 3.17. The number of fused-ring (bicyclic) bond motifs is 1. The lowest BCUT2D eigenvalue weighted by Gasteiger charge is -2.28. The van der Waals surface area contributed by atoms with Crippen molar-refractivity contribution in [3.05, 3.63) is 23.8 Å². The van der Waals surface area contributed by atoms with E-state index in [0.717, 1.165) is 18.4 Å². The molecule has 0 bridgehead atoms. The molecule has 1 fully saturated rings. The molecule has 1 saturated heterocycles. The molecule has 0 radical (unpaired) electrons. The van der Waals surface area contributed by atoms with E-state index in [1.807, 2.05) is 25.1 Å². The minimum atomic E-state index is -0.672. The summed E-state index contributed by atoms with van der Waals surface area (Å²) in [6, 6.07) is 5.65. The SMILES string of the molecule is CN(Cc1ccc2nonc2c1)C(=O)C1(C)CCCO1. The van der Waals surface area contributed by atoms with E-state index in [-0.39, 0.29) is 5.91 Å². The number of rotatable bonds is 3. The Labute approximate surface area is 116 Å². The molecule has 0 N–H and O–H groups in total. The molecule has 6 nitrogen and oxygen atoms in total. The van der Waals surface area contributed by atoms with E-state index in [1.54, 1.807) is 11.9 Å². The van der Waals surface area contributed by atoms with Gasteiger partial charge in [-0.05, 0) is 47.8 Å². The van der Waals surface area contributed by atoms with Crippen LogP contribution in [0.5, 0.6) is 0 Å². The Balaban J connectivity index is 1.74. The maximum absolute atomic E-state index is 12.4. The molecule has 6 heteroatoms. The molecule has 20 heavy (non-hydrogen) atoms. The molecule has 1 unspecified atom stereocenters. The van der Waals surface area contributed by atoms with Crippen molar-refractivity contribution >= 4 is 16.9 Å². The normalized spacial score (nSPS) is 22.3. The lowest BCUT2D eigenvalue weighted by atomic mass is 10.0. The Morgan fingerprint density at radius 2 is 2.20 bits per heavy atom. The second-order valence-electron chi connectivity index (χ2n) is 5.43. The topological polar surface area (TPSA) is 68.5 Å². The molecule has 0 aliphatic carbocycles. The summed E-state index contributed by atoms with van der Waals surface area (Å²) in [5.41, 5.74) is 1.74. The highest BCUT2D eigenvalue weighted by Crippen LogP contribution is 2.27. The summed E-state index contributed by atoms with van der Waals surface area (Å²) in [5.74, 6) is 0.0216. The Hall–Kier alpha value is -1.95. The van der Waals surface area contributed by atoms with Crippen molar-refractivity contribution in [2.75, 3.05) is 13.7 Å². The average Bonchev–Trinajstić information content (AvgIpc) is 3.06. The first kappa shape index (κ1) is 13.1. The molecule has 3 rings (SSSR count). The molecule has 1 aliphatic heterocycles. The van der Waals surface area contributed by atoms with Crippen LogP contribution in [0.1, 0.15) is 25.3 Å². The second-order valence-corrected chi connectivity index (χ2v) is 5.43. The fourth-order valence-corrected chi connectivity index (χ4v) is 2.62. The van der Waals surface area contributed by atoms with Gasteiger partial charge in [-0.15, -0.1) is 0 Å². The van der Waals surface area contributed by atoms with Gasteiger partial charge in [0.15, 0.2) is 0 Å². The number of likely N-dealkylation sites (N-methyl/N-ethyl adjacent to an activating group) is 1. The van der Waals surface area contributed by atoms with Crippen LogP contribution in [-0.4, -0.2) is 40.4 Å². The number of carbonyl (C=O) groups is 1. The van der Waals surface area contributed by atoms with Gasteiger partial charge < -0.3 is 9.64 Å². The molecule has 0 saturated carbocycles. The maximum atomic E-state index is 12.4. The molecule has 2 heterocycles. The first-order valence-corrected chi connectivity index (χ1v) is 6.69. The van der Waals surface area contributed by atoms with Gasteiger partial charge in [-0.25, -0.2) is 4.63 Å². The van der Waals surface area contributed by atoms with Crippen LogP contribution in [0.4, 0.5) is 0 Å². The van der Waals surface area contributed by atoms with Crippen LogP contribution in [-0.2, 0) is 16.1 Å². The van der Waals surface area contributed by atoms with Crippen LogP contribution in [0.15, 0.2) is 22.8 Å². The lowest BCUT2D eigenvalue weighted by Crippen LogP contribution is -2.44. The summed E-state index contributed by atoms with van der Waals surface area (Å²) in [7, 11) is 1.79. The van der Waals surface area contributed by atoms with Crippen LogP contribution in [0, 0.1) is 0 Å². The van der Waals surface area contributed by atoms with Gasteiger partial charge >= 0.3 is 0 Å². The van der Waals surface area contributed by atoms with Crippen molar-refractivity contribution < 1.29 is 14.2 Å². The Morgan fingerprint density at radius 3 is 2.95 bits per heavy atom. The number of benzene rings is 1. The first-order valence-electron chi connectivity index (χ1n) is 6.69. The average molecular weight is 275 g/mol. The maximum Gasteiger partial charge on any atom is 0.254 e. The first-order chi connectivity index (χ1) is 9.58. The van der Waals surface area contributed by atoms with Crippen LogP contribution in [0.25, 0.3) is 11.0 Å². The van der Waals surface area contributed by atoms with Crippen LogP contribution >= 0.6 is 0 Å². The van der Waals surface area contributed by atoms with E-state index in [4.69, 9.17) is 4.74 Å². The number of hydrogen-bond acceptors (Lipinski definition) is 5. The second kappa shape index (κ2) is 4.86. The molecule has 1 aromatic carbocycles. The van der Waals surface area contributed by atoms with Gasteiger partial charge in [-0.3, -0.25) is 4.79 Å². The van der Waals surface area contributed by atoms with Crippen LogP contribution < -0.4 is 0 Å². The van der Waals surface area contributed by atoms with Crippen molar-refractivity contribution in [2.24, 2.45) is 0 Å². The fourth-order valence-electron chi connectivity index (χ4n) is 2.62. The predicted molar refractivity (Wildman–Crippen MR) is 71.9 cm³/mol. The van der Waals surface area contributed by atoms with E-state index < -0.39 is 5.60 Å². The van der Waals surface area contributed by atoms with Gasteiger partial charge in [-0.2, -0.15) is 0 Å². The van der Waals surface area contributed by atoms with Gasteiger partial charge in [0.05, 0.1) is 0 Å². The number of hydrogen-bond donors (Lipinski definition) is 0. The highest BCUT2D eigenvalue weighted by molar-refractivity contribution is 5.85. The van der Waals surface area contributed by atoms with E-state index in [1.165, 1.54) is 0 Å². The van der Waals surface area contributed by atoms with E-state index in [0.29, 0.717) is 24.2 Å². The molecule has 1 aliphatic rings. The fraction of sp³-hybridized carbons (Fsp3) is 0.500. The highest BCUT2D eigenvalue weighted by Gasteiger charge is 2.39. The third-order valence-corrected chi connectivity index (χ3v) is 3.76. The summed E-state index contributed by atoms with van der Waals surface area (Å²) < 4.78 is 10.3. The van der Waals surface area contributed by atoms with Crippen molar-refractivity contribution in [1.29, 1.82) is 0 Å². The third kappa shape index (κ3) is 2.27. The largest absolute Gasteiger partial charge is 0.365 e. The van der Waals surface area contributed by atoms with Crippen molar-refractivity contribution in [1.82, 2.24) is 15.2 Å². The Morgan fingerprint density at radius 1 is 1.40 bits per heavy atom. The van der Waals surface area contributed by atoms with Crippen LogP contribution in [0.3, 0.4) is 0 Å². The van der Waals surface area contributed by atoms with Crippen molar-refractivity contribution in [3.63, 3.8) is 0 Å². The predicted octanol–water partition coefficient (Wildman–Crippen LogP) is 1.75. The Bertz CT molecular complexity index is 631. The molecule has 2 aromatic rings. The number of nitrogens with zero attached hydrogens (tertiary/aromatic N) is 3. The van der Waals surface area contributed by atoms with Gasteiger partial charge in [0.25, 0.3) is 5.91 Å². The number of aromatic nitrogens is 2. The number of ether oxygens (including phenoxy) is 1. The molecular weight excluding hydrogens is 258 g/mol. The van der Waals surface area contributed by atoms with Gasteiger partial charge in [0, 0.05) is 20.2 Å². The summed E-state index contributed by atoms with van der Waals surface area (Å²) in [4.78, 5) is 14.1. The summed E-state index contributed by atoms with van der Waals surface area (Å²) in [5, 5.41) is 7.57. The zero-order valence-corrected chi connectivity index (χ0v) is 11.6. The summed E-state index contributed by atoms with van der Waals surface area (Å²) >= 11 is 0. The minimum absolute atomic E-state index is 0.0216. The van der Waals surface area contributed by atoms with E-state index >= 15 is 0 Å². The molecule has 0 spiro atoms. The van der Waals surface area contributed by atoms with Crippen LogP contribution in [0.2, 0.25) is 0 Å². The quantitative estimate of drug-likeness (QED) is 0.853. The standard InChI is InChI=1S/C14H17N3O3/c1-14(6-3-7-19-14)13(18)17(2)9-10-4-5-11-12(8-10)16-20-15-11/h4-5,8H,3,6-7,9H2,1-2H3. The number of amides is 1. The van der Waals surface area contributed by atoms with Gasteiger partial charge in [0.1, 0.15) is 16.6 Å². The summed E-state index contributed by atoms with van der Waals surface area (Å²) in [6.45, 7) is 3.04. The molecule has 1 aromatic heterocycles. The monoisotopic (exact) mass is 275 g/mol. The number of carbonyl (C=O) groups excluding carboxylic acids is 1. The van der Waals surface area contributed by atoms with Crippen molar-refractivity contribution in [3.8, 4) is 0 Å².